The van der Waals surface area contributed by atoms with Crippen molar-refractivity contribution in [2.24, 2.45) is 0 Å². The first-order valence-electron chi connectivity index (χ1n) is 7.51. The summed E-state index contributed by atoms with van der Waals surface area (Å²) in [5.74, 6) is 1.28. The van der Waals surface area contributed by atoms with Gasteiger partial charge in [0, 0.05) is 18.5 Å². The van der Waals surface area contributed by atoms with Gasteiger partial charge >= 0.3 is 0 Å². The lowest BCUT2D eigenvalue weighted by molar-refractivity contribution is 0.598. The summed E-state index contributed by atoms with van der Waals surface area (Å²) in [6.45, 7) is 5.02. The summed E-state index contributed by atoms with van der Waals surface area (Å²) in [7, 11) is 0. The molecule has 0 atom stereocenters. The standard InChI is InChI=1S/C16H25N3S/c1-3-19-16-10-6-5-9-14(16)15(18-19)13-17-11-7-4-8-12-20-2/h5-6,9-10,17H,3-4,7-8,11-13H2,1-2H3. The topological polar surface area (TPSA) is 29.9 Å². The third-order valence-corrected chi connectivity index (χ3v) is 4.23. The fraction of sp³-hybridized carbons (Fsp3) is 0.562. The number of thioether (sulfide) groups is 1. The van der Waals surface area contributed by atoms with Crippen molar-refractivity contribution in [1.82, 2.24) is 15.1 Å². The maximum Gasteiger partial charge on any atom is 0.0841 e. The van der Waals surface area contributed by atoms with Crippen molar-refractivity contribution >= 4 is 22.7 Å². The van der Waals surface area contributed by atoms with Gasteiger partial charge in [0.05, 0.1) is 11.2 Å². The lowest BCUT2D eigenvalue weighted by Crippen LogP contribution is -2.15. The van der Waals surface area contributed by atoms with Gasteiger partial charge in [-0.2, -0.15) is 16.9 Å². The van der Waals surface area contributed by atoms with Crippen LogP contribution in [0.2, 0.25) is 0 Å². The molecule has 3 nitrogen and oxygen atoms in total. The predicted molar refractivity (Wildman–Crippen MR) is 89.3 cm³/mol. The molecule has 20 heavy (non-hydrogen) atoms. The van der Waals surface area contributed by atoms with Crippen LogP contribution in [0.3, 0.4) is 0 Å². The van der Waals surface area contributed by atoms with E-state index in [0.717, 1.165) is 19.6 Å². The number of unbranched alkanes of at least 4 members (excludes halogenated alkanes) is 2. The Bertz CT molecular complexity index is 521. The van der Waals surface area contributed by atoms with Crippen LogP contribution in [-0.4, -0.2) is 28.3 Å². The van der Waals surface area contributed by atoms with Crippen molar-refractivity contribution in [1.29, 1.82) is 0 Å². The minimum Gasteiger partial charge on any atom is -0.311 e. The number of nitrogens with one attached hydrogen (secondary N) is 1. The molecule has 1 aromatic carbocycles. The molecule has 1 aromatic heterocycles. The normalized spacial score (nSPS) is 11.3. The SMILES string of the molecule is CCn1nc(CNCCCCCSC)c2ccccc21. The van der Waals surface area contributed by atoms with Gasteiger partial charge < -0.3 is 5.32 Å². The number of para-hydroxylation sites is 1. The van der Waals surface area contributed by atoms with E-state index in [1.165, 1.54) is 41.6 Å². The average Bonchev–Trinajstić information content (AvgIpc) is 2.85. The molecular formula is C16H25N3S. The van der Waals surface area contributed by atoms with E-state index in [1.807, 2.05) is 11.8 Å². The molecule has 4 heteroatoms. The predicted octanol–water partition coefficient (Wildman–Crippen LogP) is 3.68. The molecule has 0 spiro atoms. The number of rotatable bonds is 9. The number of nitrogens with zero attached hydrogens (tertiary/aromatic N) is 2. The van der Waals surface area contributed by atoms with Crippen LogP contribution in [0, 0.1) is 0 Å². The van der Waals surface area contributed by atoms with Crippen molar-refractivity contribution in [3.05, 3.63) is 30.0 Å². The molecule has 0 amide bonds. The third kappa shape index (κ3) is 4.00. The molecule has 0 aliphatic rings. The molecule has 0 bridgehead atoms. The average molecular weight is 291 g/mol. The summed E-state index contributed by atoms with van der Waals surface area (Å²) >= 11 is 1.94. The summed E-state index contributed by atoms with van der Waals surface area (Å²) in [5.41, 5.74) is 2.42. The molecule has 0 unspecified atom stereocenters. The lowest BCUT2D eigenvalue weighted by Gasteiger charge is -2.03. The Labute approximate surface area is 126 Å². The molecule has 1 N–H and O–H groups in total. The van der Waals surface area contributed by atoms with Crippen LogP contribution in [0.15, 0.2) is 24.3 Å². The smallest absolute Gasteiger partial charge is 0.0841 e. The van der Waals surface area contributed by atoms with Crippen LogP contribution in [0.4, 0.5) is 0 Å². The highest BCUT2D eigenvalue weighted by Crippen LogP contribution is 2.18. The molecule has 2 aromatic rings. The van der Waals surface area contributed by atoms with E-state index in [9.17, 15) is 0 Å². The number of benzene rings is 1. The zero-order valence-corrected chi connectivity index (χ0v) is 13.4. The third-order valence-electron chi connectivity index (χ3n) is 3.53. The minimum atomic E-state index is 0.871. The fourth-order valence-electron chi connectivity index (χ4n) is 2.45. The van der Waals surface area contributed by atoms with Gasteiger partial charge in [-0.3, -0.25) is 4.68 Å². The molecule has 0 aliphatic heterocycles. The van der Waals surface area contributed by atoms with Crippen molar-refractivity contribution in [2.75, 3.05) is 18.6 Å². The molecule has 110 valence electrons. The summed E-state index contributed by atoms with van der Waals surface area (Å²) in [4.78, 5) is 0. The summed E-state index contributed by atoms with van der Waals surface area (Å²) in [5, 5.41) is 9.51. The quantitative estimate of drug-likeness (QED) is 0.715. The molecule has 1 heterocycles. The van der Waals surface area contributed by atoms with Crippen LogP contribution in [0.1, 0.15) is 31.9 Å². The molecular weight excluding hydrogens is 266 g/mol. The van der Waals surface area contributed by atoms with E-state index in [1.54, 1.807) is 0 Å². The maximum absolute atomic E-state index is 4.71. The lowest BCUT2D eigenvalue weighted by atomic mass is 10.2. The number of aromatic nitrogens is 2. The Morgan fingerprint density at radius 2 is 2.05 bits per heavy atom. The van der Waals surface area contributed by atoms with E-state index in [-0.39, 0.29) is 0 Å². The van der Waals surface area contributed by atoms with Crippen molar-refractivity contribution in [2.45, 2.75) is 39.3 Å². The van der Waals surface area contributed by atoms with Gasteiger partial charge in [-0.05, 0) is 44.4 Å². The Kier molecular flexibility index (Phi) is 6.40. The second kappa shape index (κ2) is 8.32. The highest BCUT2D eigenvalue weighted by Gasteiger charge is 2.07. The van der Waals surface area contributed by atoms with Crippen LogP contribution < -0.4 is 5.32 Å². The largest absolute Gasteiger partial charge is 0.311 e. The molecule has 0 saturated heterocycles. The van der Waals surface area contributed by atoms with Crippen LogP contribution in [-0.2, 0) is 13.1 Å². The summed E-state index contributed by atoms with van der Waals surface area (Å²) < 4.78 is 2.09. The molecule has 0 aliphatic carbocycles. The second-order valence-corrected chi connectivity index (χ2v) is 6.00. The fourth-order valence-corrected chi connectivity index (χ4v) is 2.94. The van der Waals surface area contributed by atoms with Gasteiger partial charge in [0.15, 0.2) is 0 Å². The number of aryl methyl sites for hydroxylation is 1. The molecule has 0 saturated carbocycles. The van der Waals surface area contributed by atoms with E-state index in [4.69, 9.17) is 5.10 Å². The van der Waals surface area contributed by atoms with Gasteiger partial charge in [0.25, 0.3) is 0 Å². The van der Waals surface area contributed by atoms with E-state index in [2.05, 4.69) is 47.4 Å². The van der Waals surface area contributed by atoms with Crippen molar-refractivity contribution < 1.29 is 0 Å². The van der Waals surface area contributed by atoms with Gasteiger partial charge in [-0.15, -0.1) is 0 Å². The number of fused-ring (bicyclic) bond motifs is 1. The van der Waals surface area contributed by atoms with Gasteiger partial charge in [-0.25, -0.2) is 0 Å². The van der Waals surface area contributed by atoms with E-state index < -0.39 is 0 Å². The van der Waals surface area contributed by atoms with Gasteiger partial charge in [0.2, 0.25) is 0 Å². The minimum absolute atomic E-state index is 0.871. The summed E-state index contributed by atoms with van der Waals surface area (Å²) in [6, 6.07) is 8.50. The van der Waals surface area contributed by atoms with Gasteiger partial charge in [-0.1, -0.05) is 24.6 Å². The maximum atomic E-state index is 4.71. The Hall–Kier alpha value is -1.00. The van der Waals surface area contributed by atoms with Crippen molar-refractivity contribution in [3.8, 4) is 0 Å². The molecule has 2 rings (SSSR count). The monoisotopic (exact) mass is 291 g/mol. The van der Waals surface area contributed by atoms with Crippen LogP contribution >= 0.6 is 11.8 Å². The van der Waals surface area contributed by atoms with Crippen LogP contribution in [0.5, 0.6) is 0 Å². The highest BCUT2D eigenvalue weighted by molar-refractivity contribution is 7.98. The zero-order chi connectivity index (χ0) is 14.2. The number of hydrogen-bond donors (Lipinski definition) is 1. The summed E-state index contributed by atoms with van der Waals surface area (Å²) in [6.07, 6.45) is 6.08. The molecule has 0 radical (unpaired) electrons. The second-order valence-electron chi connectivity index (χ2n) is 5.01. The zero-order valence-electron chi connectivity index (χ0n) is 12.6. The highest BCUT2D eigenvalue weighted by atomic mass is 32.2. The van der Waals surface area contributed by atoms with Gasteiger partial charge in [0.1, 0.15) is 0 Å². The van der Waals surface area contributed by atoms with Crippen molar-refractivity contribution in [3.63, 3.8) is 0 Å². The Balaban J connectivity index is 1.84. The van der Waals surface area contributed by atoms with Crippen LogP contribution in [0.25, 0.3) is 10.9 Å². The first kappa shape index (κ1) is 15.4. The Morgan fingerprint density at radius 3 is 2.85 bits per heavy atom. The number of hydrogen-bond acceptors (Lipinski definition) is 3. The first-order valence-corrected chi connectivity index (χ1v) is 8.90. The Morgan fingerprint density at radius 1 is 1.20 bits per heavy atom. The van der Waals surface area contributed by atoms with E-state index >= 15 is 0 Å². The van der Waals surface area contributed by atoms with E-state index in [0.29, 0.717) is 0 Å². The first-order chi connectivity index (χ1) is 9.86. The molecule has 0 fully saturated rings.